The minimum atomic E-state index is 0. The van der Waals surface area contributed by atoms with E-state index in [1.54, 1.807) is 14.2 Å². The van der Waals surface area contributed by atoms with Crippen LogP contribution in [0.5, 0.6) is 11.5 Å². The predicted molar refractivity (Wildman–Crippen MR) is 116 cm³/mol. The molecule has 0 aliphatic heterocycles. The van der Waals surface area contributed by atoms with Crippen LogP contribution in [0.15, 0.2) is 47.5 Å². The fourth-order valence-corrected chi connectivity index (χ4v) is 2.39. The van der Waals surface area contributed by atoms with Gasteiger partial charge in [0.05, 0.1) is 27.4 Å². The van der Waals surface area contributed by atoms with Crippen molar-refractivity contribution in [3.8, 4) is 11.5 Å². The van der Waals surface area contributed by atoms with Gasteiger partial charge in [0.15, 0.2) is 17.5 Å². The molecule has 0 spiro atoms. The van der Waals surface area contributed by atoms with E-state index in [-0.39, 0.29) is 30.6 Å². The van der Waals surface area contributed by atoms with Crippen LogP contribution in [-0.4, -0.2) is 31.8 Å². The molecule has 26 heavy (non-hydrogen) atoms. The number of rotatable bonds is 7. The lowest BCUT2D eigenvalue weighted by Gasteiger charge is -2.14. The molecule has 0 radical (unpaired) electrons. The first-order chi connectivity index (χ1) is 12.2. The first kappa shape index (κ1) is 22.0. The van der Waals surface area contributed by atoms with Crippen molar-refractivity contribution in [2.45, 2.75) is 20.1 Å². The number of ether oxygens (including phenoxy) is 2. The van der Waals surface area contributed by atoms with Crippen LogP contribution in [-0.2, 0) is 13.2 Å². The summed E-state index contributed by atoms with van der Waals surface area (Å²) in [4.78, 5) is 4.60. The zero-order valence-corrected chi connectivity index (χ0v) is 17.6. The second-order valence-electron chi connectivity index (χ2n) is 5.32. The van der Waals surface area contributed by atoms with E-state index in [1.165, 1.54) is 0 Å². The standard InChI is InChI=1S/C19H25N3O3.HI/c1-4-20-19(21-12-14-7-5-6-8-15(14)13-23)22-16-9-10-17(24-2)18(11-16)25-3;/h5-11,23H,4,12-13H2,1-3H3,(H2,20,21,22);1H. The lowest BCUT2D eigenvalue weighted by Crippen LogP contribution is -2.30. The van der Waals surface area contributed by atoms with Gasteiger partial charge in [-0.15, -0.1) is 24.0 Å². The third-order valence-corrected chi connectivity index (χ3v) is 3.69. The molecule has 0 amide bonds. The van der Waals surface area contributed by atoms with Gasteiger partial charge in [-0.1, -0.05) is 24.3 Å². The maximum atomic E-state index is 9.42. The molecule has 2 aromatic rings. The minimum absolute atomic E-state index is 0. The average Bonchev–Trinajstić information content (AvgIpc) is 2.66. The average molecular weight is 471 g/mol. The Hall–Kier alpha value is -2.00. The van der Waals surface area contributed by atoms with E-state index in [4.69, 9.17) is 9.47 Å². The smallest absolute Gasteiger partial charge is 0.196 e. The van der Waals surface area contributed by atoms with E-state index in [0.717, 1.165) is 23.4 Å². The first-order valence-corrected chi connectivity index (χ1v) is 8.16. The van der Waals surface area contributed by atoms with E-state index in [2.05, 4.69) is 15.6 Å². The molecule has 0 aliphatic rings. The Kier molecular flexibility index (Phi) is 9.82. The summed E-state index contributed by atoms with van der Waals surface area (Å²) in [7, 11) is 3.21. The number of nitrogens with zero attached hydrogens (tertiary/aromatic N) is 1. The molecule has 0 unspecified atom stereocenters. The molecule has 2 rings (SSSR count). The number of methoxy groups -OCH3 is 2. The zero-order chi connectivity index (χ0) is 18.1. The van der Waals surface area contributed by atoms with Gasteiger partial charge >= 0.3 is 0 Å². The SMILES string of the molecule is CCNC(=NCc1ccccc1CO)Nc1ccc(OC)c(OC)c1.I. The fraction of sp³-hybridized carbons (Fsp3) is 0.316. The van der Waals surface area contributed by atoms with E-state index in [1.807, 2.05) is 49.4 Å². The number of hydrogen-bond donors (Lipinski definition) is 3. The maximum absolute atomic E-state index is 9.42. The van der Waals surface area contributed by atoms with Gasteiger partial charge in [0.25, 0.3) is 0 Å². The Bertz CT molecular complexity index is 723. The summed E-state index contributed by atoms with van der Waals surface area (Å²) in [6.07, 6.45) is 0. The molecular weight excluding hydrogens is 445 g/mol. The van der Waals surface area contributed by atoms with Crippen LogP contribution in [0.1, 0.15) is 18.1 Å². The van der Waals surface area contributed by atoms with Crippen molar-refractivity contribution in [1.29, 1.82) is 0 Å². The molecular formula is C19H26IN3O3. The zero-order valence-electron chi connectivity index (χ0n) is 15.3. The molecule has 0 bridgehead atoms. The normalized spacial score (nSPS) is 10.7. The van der Waals surface area contributed by atoms with Gasteiger partial charge in [-0.2, -0.15) is 0 Å². The highest BCUT2D eigenvalue weighted by Gasteiger charge is 2.07. The van der Waals surface area contributed by atoms with Gasteiger partial charge in [-0.05, 0) is 30.2 Å². The number of anilines is 1. The van der Waals surface area contributed by atoms with Crippen LogP contribution in [0.4, 0.5) is 5.69 Å². The Morgan fingerprint density at radius 3 is 2.35 bits per heavy atom. The van der Waals surface area contributed by atoms with Crippen molar-refractivity contribution >= 4 is 35.6 Å². The number of hydrogen-bond acceptors (Lipinski definition) is 4. The number of aliphatic hydroxyl groups is 1. The molecule has 0 aliphatic carbocycles. The number of aliphatic imine (C=N–C) groups is 1. The molecule has 0 atom stereocenters. The minimum Gasteiger partial charge on any atom is -0.493 e. The van der Waals surface area contributed by atoms with Crippen molar-refractivity contribution in [3.63, 3.8) is 0 Å². The molecule has 0 saturated carbocycles. The molecule has 7 heteroatoms. The summed E-state index contributed by atoms with van der Waals surface area (Å²) in [5.74, 6) is 1.98. The van der Waals surface area contributed by atoms with Crippen LogP contribution >= 0.6 is 24.0 Å². The number of halogens is 1. The van der Waals surface area contributed by atoms with Gasteiger partial charge < -0.3 is 25.2 Å². The van der Waals surface area contributed by atoms with Crippen LogP contribution in [0.3, 0.4) is 0 Å². The Balaban J connectivity index is 0.00000338. The van der Waals surface area contributed by atoms with Gasteiger partial charge in [0.2, 0.25) is 0 Å². The molecule has 0 heterocycles. The summed E-state index contributed by atoms with van der Waals surface area (Å²) in [6.45, 7) is 3.22. The van der Waals surface area contributed by atoms with E-state index in [9.17, 15) is 5.11 Å². The van der Waals surface area contributed by atoms with Crippen molar-refractivity contribution in [2.75, 3.05) is 26.1 Å². The highest BCUT2D eigenvalue weighted by atomic mass is 127. The second kappa shape index (κ2) is 11.6. The van der Waals surface area contributed by atoms with Crippen molar-refractivity contribution in [2.24, 2.45) is 4.99 Å². The van der Waals surface area contributed by atoms with E-state index in [0.29, 0.717) is 24.0 Å². The molecule has 3 N–H and O–H groups in total. The maximum Gasteiger partial charge on any atom is 0.196 e. The highest BCUT2D eigenvalue weighted by molar-refractivity contribution is 14.0. The Morgan fingerprint density at radius 1 is 1.04 bits per heavy atom. The monoisotopic (exact) mass is 471 g/mol. The number of nitrogens with one attached hydrogen (secondary N) is 2. The lowest BCUT2D eigenvalue weighted by molar-refractivity contribution is 0.280. The molecule has 0 aromatic heterocycles. The van der Waals surface area contributed by atoms with Gasteiger partial charge in [-0.3, -0.25) is 0 Å². The van der Waals surface area contributed by atoms with Gasteiger partial charge in [-0.25, -0.2) is 4.99 Å². The Morgan fingerprint density at radius 2 is 1.73 bits per heavy atom. The van der Waals surface area contributed by atoms with Crippen LogP contribution in [0.2, 0.25) is 0 Å². The number of aliphatic hydroxyl groups excluding tert-OH is 1. The molecule has 2 aromatic carbocycles. The third kappa shape index (κ3) is 6.06. The predicted octanol–water partition coefficient (Wildman–Crippen LogP) is 3.39. The van der Waals surface area contributed by atoms with Crippen LogP contribution in [0, 0.1) is 0 Å². The topological polar surface area (TPSA) is 75.1 Å². The third-order valence-electron chi connectivity index (χ3n) is 3.69. The molecule has 0 saturated heterocycles. The number of guanidine groups is 1. The lowest BCUT2D eigenvalue weighted by atomic mass is 10.1. The molecule has 6 nitrogen and oxygen atoms in total. The van der Waals surface area contributed by atoms with Gasteiger partial charge in [0, 0.05) is 18.3 Å². The highest BCUT2D eigenvalue weighted by Crippen LogP contribution is 2.29. The largest absolute Gasteiger partial charge is 0.493 e. The molecule has 142 valence electrons. The summed E-state index contributed by atoms with van der Waals surface area (Å²) < 4.78 is 10.6. The summed E-state index contributed by atoms with van der Waals surface area (Å²) in [5, 5.41) is 15.9. The Labute approximate surface area is 171 Å². The first-order valence-electron chi connectivity index (χ1n) is 8.16. The van der Waals surface area contributed by atoms with Crippen molar-refractivity contribution in [3.05, 3.63) is 53.6 Å². The fourth-order valence-electron chi connectivity index (χ4n) is 2.39. The van der Waals surface area contributed by atoms with E-state index < -0.39 is 0 Å². The molecule has 0 fully saturated rings. The van der Waals surface area contributed by atoms with Gasteiger partial charge in [0.1, 0.15) is 0 Å². The van der Waals surface area contributed by atoms with Crippen LogP contribution < -0.4 is 20.1 Å². The quantitative estimate of drug-likeness (QED) is 0.328. The summed E-state index contributed by atoms with van der Waals surface area (Å²) in [6, 6.07) is 13.3. The second-order valence-corrected chi connectivity index (χ2v) is 5.32. The number of benzene rings is 2. The van der Waals surface area contributed by atoms with E-state index >= 15 is 0 Å². The van der Waals surface area contributed by atoms with Crippen molar-refractivity contribution < 1.29 is 14.6 Å². The van der Waals surface area contributed by atoms with Crippen molar-refractivity contribution in [1.82, 2.24) is 5.32 Å². The summed E-state index contributed by atoms with van der Waals surface area (Å²) in [5.41, 5.74) is 2.72. The van der Waals surface area contributed by atoms with Crippen LogP contribution in [0.25, 0.3) is 0 Å². The summed E-state index contributed by atoms with van der Waals surface area (Å²) >= 11 is 0.